The van der Waals surface area contributed by atoms with Crippen LogP contribution in [0.1, 0.15) is 59.8 Å². The summed E-state index contributed by atoms with van der Waals surface area (Å²) >= 11 is 0. The zero-order valence-electron chi connectivity index (χ0n) is 12.5. The maximum atomic E-state index is 12.0. The van der Waals surface area contributed by atoms with Crippen LogP contribution in [0.4, 0.5) is 0 Å². The topological polar surface area (TPSA) is 55.1 Å². The first kappa shape index (κ1) is 17.0. The first-order valence-electron chi connectivity index (χ1n) is 7.20. The summed E-state index contributed by atoms with van der Waals surface area (Å²) in [5, 5.41) is 3.14. The molecule has 3 unspecified atom stereocenters. The average Bonchev–Trinajstić information content (AvgIpc) is 2.33. The highest BCUT2D eigenvalue weighted by Gasteiger charge is 2.19. The molecule has 0 radical (unpaired) electrons. The molecule has 0 aromatic heterocycles. The van der Waals surface area contributed by atoms with E-state index in [1.54, 1.807) is 0 Å². The molecule has 0 aromatic rings. The molecule has 0 saturated carbocycles. The Morgan fingerprint density at radius 3 is 2.28 bits per heavy atom. The monoisotopic (exact) mass is 254 g/mol. The van der Waals surface area contributed by atoms with Crippen LogP contribution in [0.5, 0.6) is 0 Å². The van der Waals surface area contributed by atoms with Gasteiger partial charge in [-0.2, -0.15) is 0 Å². The Morgan fingerprint density at radius 2 is 1.89 bits per heavy atom. The molecule has 0 spiro atoms. The van der Waals surface area contributed by atoms with Crippen molar-refractivity contribution >= 4 is 5.91 Å². The van der Waals surface area contributed by atoms with Gasteiger partial charge in [0, 0.05) is 17.7 Å². The summed E-state index contributed by atoms with van der Waals surface area (Å²) in [5.74, 6) is 0.572. The third kappa shape index (κ3) is 6.08. The lowest BCUT2D eigenvalue weighted by Crippen LogP contribution is -2.39. The van der Waals surface area contributed by atoms with Crippen LogP contribution >= 0.6 is 0 Å². The van der Waals surface area contributed by atoms with Crippen LogP contribution < -0.4 is 11.1 Å². The molecule has 18 heavy (non-hydrogen) atoms. The smallest absolute Gasteiger partial charge is 0.223 e. The van der Waals surface area contributed by atoms with E-state index < -0.39 is 0 Å². The molecule has 0 aromatic carbocycles. The molecule has 0 rings (SSSR count). The summed E-state index contributed by atoms with van der Waals surface area (Å²) < 4.78 is 0. The van der Waals surface area contributed by atoms with E-state index in [0.29, 0.717) is 5.92 Å². The molecule has 3 atom stereocenters. The summed E-state index contributed by atoms with van der Waals surface area (Å²) in [6.07, 6.45) is 4.80. The van der Waals surface area contributed by atoms with Crippen molar-refractivity contribution in [3.63, 3.8) is 0 Å². The molecule has 0 bridgehead atoms. The zero-order chi connectivity index (χ0) is 14.1. The van der Waals surface area contributed by atoms with Crippen LogP contribution in [0.25, 0.3) is 0 Å². The van der Waals surface area contributed by atoms with E-state index in [-0.39, 0.29) is 17.9 Å². The van der Waals surface area contributed by atoms with Gasteiger partial charge >= 0.3 is 0 Å². The van der Waals surface area contributed by atoms with Crippen molar-refractivity contribution in [3.8, 4) is 0 Å². The normalized spacial score (nSPS) is 15.8. The number of carbonyl (C=O) groups excluding carboxylic acids is 1. The molecule has 0 aliphatic rings. The van der Waals surface area contributed by atoms with Gasteiger partial charge in [0.2, 0.25) is 5.91 Å². The number of hydrogen-bond acceptors (Lipinski definition) is 2. The second-order valence-corrected chi connectivity index (χ2v) is 5.22. The van der Waals surface area contributed by atoms with Crippen molar-refractivity contribution in [2.45, 2.75) is 65.8 Å². The number of hydrogen-bond donors (Lipinski definition) is 2. The van der Waals surface area contributed by atoms with Crippen LogP contribution in [0.2, 0.25) is 0 Å². The fraction of sp³-hybridized carbons (Fsp3) is 0.800. The Bertz CT molecular complexity index is 263. The third-order valence-electron chi connectivity index (χ3n) is 3.59. The molecule has 0 aliphatic heterocycles. The molecular weight excluding hydrogens is 224 g/mol. The van der Waals surface area contributed by atoms with Gasteiger partial charge in [-0.15, -0.1) is 0 Å². The molecule has 0 fully saturated rings. The first-order chi connectivity index (χ1) is 8.46. The summed E-state index contributed by atoms with van der Waals surface area (Å²) in [6, 6.07) is 0.210. The van der Waals surface area contributed by atoms with E-state index >= 15 is 0 Å². The fourth-order valence-corrected chi connectivity index (χ4v) is 2.16. The Kier molecular flexibility index (Phi) is 8.51. The zero-order valence-corrected chi connectivity index (χ0v) is 12.5. The first-order valence-corrected chi connectivity index (χ1v) is 7.20. The number of carbonyl (C=O) groups is 1. The lowest BCUT2D eigenvalue weighted by molar-refractivity contribution is -0.125. The van der Waals surface area contributed by atoms with Gasteiger partial charge in [-0.1, -0.05) is 40.7 Å². The van der Waals surface area contributed by atoms with Gasteiger partial charge < -0.3 is 11.1 Å². The minimum Gasteiger partial charge on any atom is -0.402 e. The van der Waals surface area contributed by atoms with Gasteiger partial charge in [-0.05, 0) is 31.6 Å². The molecule has 1 amide bonds. The van der Waals surface area contributed by atoms with E-state index in [0.717, 1.165) is 37.8 Å². The highest BCUT2D eigenvalue weighted by Crippen LogP contribution is 2.18. The van der Waals surface area contributed by atoms with Gasteiger partial charge in [0.15, 0.2) is 0 Å². The second kappa shape index (κ2) is 9.01. The standard InChI is InChI=1S/C15H30N2O/c1-6-9-11(4)15(18)17-14(8-3)10-13(7-2)12(5)16/h11,13-14H,5-10,16H2,1-4H3,(H,17,18). The maximum Gasteiger partial charge on any atom is 0.223 e. The summed E-state index contributed by atoms with van der Waals surface area (Å²) in [7, 11) is 0. The predicted octanol–water partition coefficient (Wildman–Crippen LogP) is 3.21. The minimum atomic E-state index is 0.102. The number of amides is 1. The van der Waals surface area contributed by atoms with E-state index in [1.807, 2.05) is 6.92 Å². The van der Waals surface area contributed by atoms with Crippen molar-refractivity contribution < 1.29 is 4.79 Å². The van der Waals surface area contributed by atoms with Crippen molar-refractivity contribution in [3.05, 3.63) is 12.3 Å². The second-order valence-electron chi connectivity index (χ2n) is 5.22. The third-order valence-corrected chi connectivity index (χ3v) is 3.59. The van der Waals surface area contributed by atoms with Crippen LogP contribution in [0, 0.1) is 11.8 Å². The van der Waals surface area contributed by atoms with Gasteiger partial charge in [-0.25, -0.2) is 0 Å². The average molecular weight is 254 g/mol. The molecule has 0 aliphatic carbocycles. The highest BCUT2D eigenvalue weighted by atomic mass is 16.1. The molecule has 0 saturated heterocycles. The van der Waals surface area contributed by atoms with Crippen LogP contribution in [-0.4, -0.2) is 11.9 Å². The molecule has 106 valence electrons. The summed E-state index contributed by atoms with van der Waals surface area (Å²) in [5.41, 5.74) is 6.51. The van der Waals surface area contributed by atoms with Gasteiger partial charge in [-0.3, -0.25) is 4.79 Å². The molecule has 3 heteroatoms. The molecule has 3 nitrogen and oxygen atoms in total. The predicted molar refractivity (Wildman–Crippen MR) is 78.0 cm³/mol. The Labute approximate surface area is 112 Å². The largest absolute Gasteiger partial charge is 0.402 e. The van der Waals surface area contributed by atoms with Crippen molar-refractivity contribution in [2.75, 3.05) is 0 Å². The maximum absolute atomic E-state index is 12.0. The highest BCUT2D eigenvalue weighted by molar-refractivity contribution is 5.78. The Morgan fingerprint density at radius 1 is 1.28 bits per heavy atom. The number of allylic oxidation sites excluding steroid dienone is 1. The number of nitrogens with one attached hydrogen (secondary N) is 1. The van der Waals surface area contributed by atoms with Gasteiger partial charge in [0.25, 0.3) is 0 Å². The quantitative estimate of drug-likeness (QED) is 0.664. The van der Waals surface area contributed by atoms with Crippen LogP contribution in [0.3, 0.4) is 0 Å². The van der Waals surface area contributed by atoms with Crippen LogP contribution in [-0.2, 0) is 4.79 Å². The van der Waals surface area contributed by atoms with E-state index in [9.17, 15) is 4.79 Å². The van der Waals surface area contributed by atoms with E-state index in [1.165, 1.54) is 0 Å². The fourth-order valence-electron chi connectivity index (χ4n) is 2.16. The molecule has 0 heterocycles. The van der Waals surface area contributed by atoms with E-state index in [4.69, 9.17) is 5.73 Å². The van der Waals surface area contributed by atoms with Gasteiger partial charge in [0.1, 0.15) is 0 Å². The van der Waals surface area contributed by atoms with Crippen molar-refractivity contribution in [1.82, 2.24) is 5.32 Å². The van der Waals surface area contributed by atoms with Crippen molar-refractivity contribution in [2.24, 2.45) is 17.6 Å². The van der Waals surface area contributed by atoms with Gasteiger partial charge in [0.05, 0.1) is 0 Å². The lowest BCUT2D eigenvalue weighted by Gasteiger charge is -2.24. The summed E-state index contributed by atoms with van der Waals surface area (Å²) in [4.78, 5) is 12.0. The number of nitrogens with two attached hydrogens (primary N) is 1. The Balaban J connectivity index is 4.33. The van der Waals surface area contributed by atoms with E-state index in [2.05, 4.69) is 32.7 Å². The molecular formula is C15H30N2O. The molecule has 3 N–H and O–H groups in total. The SMILES string of the molecule is C=C(N)C(CC)CC(CC)NC(=O)C(C)CCC. The Hall–Kier alpha value is -0.990. The minimum absolute atomic E-state index is 0.102. The lowest BCUT2D eigenvalue weighted by atomic mass is 9.93. The van der Waals surface area contributed by atoms with Crippen molar-refractivity contribution in [1.29, 1.82) is 0 Å². The summed E-state index contributed by atoms with van der Waals surface area (Å²) in [6.45, 7) is 12.1. The van der Waals surface area contributed by atoms with Crippen LogP contribution in [0.15, 0.2) is 12.3 Å². The number of rotatable bonds is 9.